The quantitative estimate of drug-likeness (QED) is 0.930. The molecule has 0 aliphatic carbocycles. The molecule has 1 aliphatic heterocycles. The standard InChI is InChI=1S/C13H14N2O3S/c16-13(17)10-3-1-5-15(10)7-9-8-19-12(14-9)11-4-2-6-18-11/h2,4,6,8,10H,1,3,5,7H2,(H,16,17)/t10-/m1/s1. The second kappa shape index (κ2) is 5.14. The molecule has 0 amide bonds. The largest absolute Gasteiger partial charge is 0.480 e. The van der Waals surface area contributed by atoms with Crippen molar-refractivity contribution < 1.29 is 14.3 Å². The predicted octanol–water partition coefficient (Wildman–Crippen LogP) is 2.45. The van der Waals surface area contributed by atoms with Gasteiger partial charge in [-0.1, -0.05) is 0 Å². The van der Waals surface area contributed by atoms with Gasteiger partial charge in [-0.25, -0.2) is 4.98 Å². The van der Waals surface area contributed by atoms with Crippen LogP contribution in [0.25, 0.3) is 10.8 Å². The van der Waals surface area contributed by atoms with Crippen LogP contribution in [0, 0.1) is 0 Å². The molecule has 2 aromatic heterocycles. The van der Waals surface area contributed by atoms with Crippen molar-refractivity contribution in [3.8, 4) is 10.8 Å². The first kappa shape index (κ1) is 12.4. The topological polar surface area (TPSA) is 66.6 Å². The smallest absolute Gasteiger partial charge is 0.320 e. The zero-order valence-electron chi connectivity index (χ0n) is 10.3. The lowest BCUT2D eigenvalue weighted by Gasteiger charge is -2.19. The van der Waals surface area contributed by atoms with Gasteiger partial charge in [-0.3, -0.25) is 9.69 Å². The van der Waals surface area contributed by atoms with Gasteiger partial charge in [0.2, 0.25) is 0 Å². The number of likely N-dealkylation sites (tertiary alicyclic amines) is 1. The molecular weight excluding hydrogens is 264 g/mol. The Kier molecular flexibility index (Phi) is 3.35. The number of rotatable bonds is 4. The van der Waals surface area contributed by atoms with Crippen molar-refractivity contribution in [2.75, 3.05) is 6.54 Å². The first-order chi connectivity index (χ1) is 9.24. The fourth-order valence-corrected chi connectivity index (χ4v) is 3.17. The minimum atomic E-state index is -0.737. The van der Waals surface area contributed by atoms with Crippen LogP contribution in [0.4, 0.5) is 0 Å². The first-order valence-electron chi connectivity index (χ1n) is 6.19. The van der Waals surface area contributed by atoms with E-state index in [0.717, 1.165) is 35.8 Å². The van der Waals surface area contributed by atoms with E-state index in [1.165, 1.54) is 11.3 Å². The molecule has 1 fully saturated rings. The fourth-order valence-electron chi connectivity index (χ4n) is 2.40. The molecule has 5 nitrogen and oxygen atoms in total. The number of aromatic nitrogens is 1. The number of thiazole rings is 1. The molecule has 0 bridgehead atoms. The minimum absolute atomic E-state index is 0.367. The molecule has 1 N–H and O–H groups in total. The van der Waals surface area contributed by atoms with Gasteiger partial charge in [-0.05, 0) is 31.5 Å². The van der Waals surface area contributed by atoms with Crippen molar-refractivity contribution in [1.29, 1.82) is 0 Å². The summed E-state index contributed by atoms with van der Waals surface area (Å²) in [6, 6.07) is 3.34. The van der Waals surface area contributed by atoms with E-state index in [1.54, 1.807) is 6.26 Å². The summed E-state index contributed by atoms with van der Waals surface area (Å²) in [5, 5.41) is 11.9. The molecular formula is C13H14N2O3S. The van der Waals surface area contributed by atoms with Gasteiger partial charge < -0.3 is 9.52 Å². The molecule has 0 aromatic carbocycles. The van der Waals surface area contributed by atoms with E-state index in [9.17, 15) is 4.79 Å². The van der Waals surface area contributed by atoms with Crippen molar-refractivity contribution in [3.63, 3.8) is 0 Å². The van der Waals surface area contributed by atoms with Gasteiger partial charge in [0.1, 0.15) is 6.04 Å². The summed E-state index contributed by atoms with van der Waals surface area (Å²) >= 11 is 1.52. The second-order valence-electron chi connectivity index (χ2n) is 4.59. The lowest BCUT2D eigenvalue weighted by molar-refractivity contribution is -0.142. The van der Waals surface area contributed by atoms with E-state index < -0.39 is 5.97 Å². The lowest BCUT2D eigenvalue weighted by atomic mass is 10.2. The Bertz CT molecular complexity index is 564. The maximum Gasteiger partial charge on any atom is 0.320 e. The van der Waals surface area contributed by atoms with E-state index >= 15 is 0 Å². The Morgan fingerprint density at radius 2 is 2.53 bits per heavy atom. The molecule has 3 rings (SSSR count). The number of hydrogen-bond acceptors (Lipinski definition) is 5. The van der Waals surface area contributed by atoms with Crippen molar-refractivity contribution in [2.45, 2.75) is 25.4 Å². The molecule has 1 aliphatic rings. The van der Waals surface area contributed by atoms with Gasteiger partial charge in [-0.15, -0.1) is 11.3 Å². The van der Waals surface area contributed by atoms with Gasteiger partial charge in [0, 0.05) is 11.9 Å². The van der Waals surface area contributed by atoms with Crippen LogP contribution in [-0.2, 0) is 11.3 Å². The highest BCUT2D eigenvalue weighted by Gasteiger charge is 2.30. The van der Waals surface area contributed by atoms with Crippen LogP contribution in [0.3, 0.4) is 0 Å². The maximum atomic E-state index is 11.1. The highest BCUT2D eigenvalue weighted by molar-refractivity contribution is 7.13. The van der Waals surface area contributed by atoms with Gasteiger partial charge in [0.05, 0.1) is 12.0 Å². The summed E-state index contributed by atoms with van der Waals surface area (Å²) in [6.07, 6.45) is 3.29. The van der Waals surface area contributed by atoms with E-state index in [4.69, 9.17) is 9.52 Å². The summed E-state index contributed by atoms with van der Waals surface area (Å²) < 4.78 is 5.30. The zero-order chi connectivity index (χ0) is 13.2. The number of carbonyl (C=O) groups is 1. The highest BCUT2D eigenvalue weighted by atomic mass is 32.1. The Hall–Kier alpha value is -1.66. The van der Waals surface area contributed by atoms with Crippen LogP contribution in [0.1, 0.15) is 18.5 Å². The molecule has 0 radical (unpaired) electrons. The summed E-state index contributed by atoms with van der Waals surface area (Å²) in [7, 11) is 0. The van der Waals surface area contributed by atoms with Crippen LogP contribution < -0.4 is 0 Å². The number of hydrogen-bond donors (Lipinski definition) is 1. The monoisotopic (exact) mass is 278 g/mol. The third-order valence-electron chi connectivity index (χ3n) is 3.30. The van der Waals surface area contributed by atoms with Crippen molar-refractivity contribution in [3.05, 3.63) is 29.5 Å². The summed E-state index contributed by atoms with van der Waals surface area (Å²) in [5.41, 5.74) is 0.907. The summed E-state index contributed by atoms with van der Waals surface area (Å²) in [4.78, 5) is 17.6. The minimum Gasteiger partial charge on any atom is -0.480 e. The van der Waals surface area contributed by atoms with E-state index in [0.29, 0.717) is 6.54 Å². The van der Waals surface area contributed by atoms with Gasteiger partial charge >= 0.3 is 5.97 Å². The molecule has 1 atom stereocenters. The fraction of sp³-hybridized carbons (Fsp3) is 0.385. The van der Waals surface area contributed by atoms with Crippen LogP contribution in [0.15, 0.2) is 28.2 Å². The number of aliphatic carboxylic acids is 1. The molecule has 19 heavy (non-hydrogen) atoms. The maximum absolute atomic E-state index is 11.1. The van der Waals surface area contributed by atoms with Crippen LogP contribution in [0.2, 0.25) is 0 Å². The Morgan fingerprint density at radius 1 is 1.63 bits per heavy atom. The zero-order valence-corrected chi connectivity index (χ0v) is 11.1. The van der Waals surface area contributed by atoms with Gasteiger partial charge in [0.15, 0.2) is 10.8 Å². The molecule has 0 unspecified atom stereocenters. The number of carboxylic acid groups (broad SMARTS) is 1. The van der Waals surface area contributed by atoms with Crippen LogP contribution in [-0.4, -0.2) is 33.5 Å². The van der Waals surface area contributed by atoms with E-state index in [1.807, 2.05) is 22.4 Å². The molecule has 3 heterocycles. The third kappa shape index (κ3) is 2.54. The number of nitrogens with zero attached hydrogens (tertiary/aromatic N) is 2. The summed E-state index contributed by atoms with van der Waals surface area (Å²) in [6.45, 7) is 1.42. The molecule has 0 saturated carbocycles. The average molecular weight is 278 g/mol. The Labute approximate surface area is 114 Å². The lowest BCUT2D eigenvalue weighted by Crippen LogP contribution is -2.35. The average Bonchev–Trinajstić information content (AvgIpc) is 3.09. The van der Waals surface area contributed by atoms with Crippen molar-refractivity contribution in [2.24, 2.45) is 0 Å². The SMILES string of the molecule is O=C(O)[C@H]1CCCN1Cc1csc(-c2ccco2)n1. The third-order valence-corrected chi connectivity index (χ3v) is 4.20. The Morgan fingerprint density at radius 3 is 3.26 bits per heavy atom. The van der Waals surface area contributed by atoms with Crippen molar-refractivity contribution in [1.82, 2.24) is 9.88 Å². The molecule has 6 heteroatoms. The normalized spacial score (nSPS) is 19.9. The molecule has 0 spiro atoms. The van der Waals surface area contributed by atoms with Gasteiger partial charge in [-0.2, -0.15) is 0 Å². The van der Waals surface area contributed by atoms with E-state index in [2.05, 4.69) is 4.98 Å². The first-order valence-corrected chi connectivity index (χ1v) is 7.07. The summed E-state index contributed by atoms with van der Waals surface area (Å²) in [5.74, 6) is 0.0199. The highest BCUT2D eigenvalue weighted by Crippen LogP contribution is 2.26. The van der Waals surface area contributed by atoms with E-state index in [-0.39, 0.29) is 6.04 Å². The predicted molar refractivity (Wildman–Crippen MR) is 70.9 cm³/mol. The molecule has 100 valence electrons. The number of carboxylic acids is 1. The van der Waals surface area contributed by atoms with Crippen molar-refractivity contribution >= 4 is 17.3 Å². The van der Waals surface area contributed by atoms with Crippen LogP contribution >= 0.6 is 11.3 Å². The van der Waals surface area contributed by atoms with Crippen LogP contribution in [0.5, 0.6) is 0 Å². The molecule has 2 aromatic rings. The molecule has 1 saturated heterocycles. The second-order valence-corrected chi connectivity index (χ2v) is 5.45. The number of furan rings is 1. The Balaban J connectivity index is 1.72. The van der Waals surface area contributed by atoms with Gasteiger partial charge in [0.25, 0.3) is 0 Å².